The molecule has 1 aromatic heterocycles. The zero-order chi connectivity index (χ0) is 9.64. The van der Waals surface area contributed by atoms with Gasteiger partial charge in [0, 0.05) is 11.1 Å². The van der Waals surface area contributed by atoms with Crippen molar-refractivity contribution in [3.8, 4) is 0 Å². The van der Waals surface area contributed by atoms with Gasteiger partial charge in [-0.3, -0.25) is 4.98 Å². The molecule has 0 spiro atoms. The molecule has 0 radical (unpaired) electrons. The molecule has 0 amide bonds. The highest BCUT2D eigenvalue weighted by molar-refractivity contribution is 7.09. The van der Waals surface area contributed by atoms with Crippen LogP contribution in [0.25, 0.3) is 0 Å². The SMILES string of the molecule is c1ccc(CCCc2cncs2)cc1. The zero-order valence-electron chi connectivity index (χ0n) is 8.02. The van der Waals surface area contributed by atoms with Crippen molar-refractivity contribution >= 4 is 11.3 Å². The number of hydrogen-bond acceptors (Lipinski definition) is 2. The van der Waals surface area contributed by atoms with Crippen LogP contribution in [0.3, 0.4) is 0 Å². The first-order valence-electron chi connectivity index (χ1n) is 4.86. The van der Waals surface area contributed by atoms with Crippen molar-refractivity contribution in [3.63, 3.8) is 0 Å². The van der Waals surface area contributed by atoms with E-state index in [2.05, 4.69) is 35.3 Å². The summed E-state index contributed by atoms with van der Waals surface area (Å²) in [5.41, 5.74) is 3.33. The lowest BCUT2D eigenvalue weighted by atomic mass is 10.1. The molecule has 0 atom stereocenters. The molecule has 0 fully saturated rings. The van der Waals surface area contributed by atoms with Gasteiger partial charge in [0.1, 0.15) is 0 Å². The van der Waals surface area contributed by atoms with Gasteiger partial charge in [-0.2, -0.15) is 0 Å². The van der Waals surface area contributed by atoms with Crippen LogP contribution in [-0.4, -0.2) is 4.98 Å². The summed E-state index contributed by atoms with van der Waals surface area (Å²) in [6.45, 7) is 0. The molecule has 2 rings (SSSR count). The lowest BCUT2D eigenvalue weighted by Crippen LogP contribution is -1.87. The average Bonchev–Trinajstić information content (AvgIpc) is 2.72. The van der Waals surface area contributed by atoms with Crippen LogP contribution >= 0.6 is 11.3 Å². The Morgan fingerprint density at radius 2 is 1.93 bits per heavy atom. The molecule has 1 heterocycles. The molecule has 0 bridgehead atoms. The number of aryl methyl sites for hydroxylation is 2. The Bertz CT molecular complexity index is 353. The summed E-state index contributed by atoms with van der Waals surface area (Å²) in [4.78, 5) is 5.46. The average molecular weight is 203 g/mol. The minimum absolute atomic E-state index is 1.15. The Kier molecular flexibility index (Phi) is 3.30. The molecule has 2 heteroatoms. The molecule has 0 saturated carbocycles. The Morgan fingerprint density at radius 1 is 1.07 bits per heavy atom. The first-order valence-corrected chi connectivity index (χ1v) is 5.74. The Hall–Kier alpha value is -1.15. The van der Waals surface area contributed by atoms with Gasteiger partial charge in [-0.1, -0.05) is 30.3 Å². The van der Waals surface area contributed by atoms with E-state index in [4.69, 9.17) is 0 Å². The predicted octanol–water partition coefficient (Wildman–Crippen LogP) is 3.32. The van der Waals surface area contributed by atoms with Gasteiger partial charge >= 0.3 is 0 Å². The Balaban J connectivity index is 1.79. The summed E-state index contributed by atoms with van der Waals surface area (Å²) in [6.07, 6.45) is 5.50. The second-order valence-corrected chi connectivity index (χ2v) is 4.28. The van der Waals surface area contributed by atoms with Crippen LogP contribution in [0.1, 0.15) is 16.9 Å². The van der Waals surface area contributed by atoms with Crippen LogP contribution in [-0.2, 0) is 12.8 Å². The van der Waals surface area contributed by atoms with Gasteiger partial charge in [-0.25, -0.2) is 0 Å². The maximum atomic E-state index is 4.07. The third kappa shape index (κ3) is 2.67. The highest BCUT2D eigenvalue weighted by Gasteiger charge is 1.95. The number of thiazole rings is 1. The topological polar surface area (TPSA) is 12.9 Å². The summed E-state index contributed by atoms with van der Waals surface area (Å²) in [5.74, 6) is 0. The van der Waals surface area contributed by atoms with Crippen molar-refractivity contribution in [3.05, 3.63) is 52.5 Å². The number of nitrogens with zero attached hydrogens (tertiary/aromatic N) is 1. The van der Waals surface area contributed by atoms with E-state index in [1.54, 1.807) is 11.3 Å². The number of hydrogen-bond donors (Lipinski definition) is 0. The van der Waals surface area contributed by atoms with Gasteiger partial charge in [0.2, 0.25) is 0 Å². The second-order valence-electron chi connectivity index (χ2n) is 3.31. The third-order valence-corrected chi connectivity index (χ3v) is 3.05. The largest absolute Gasteiger partial charge is 0.253 e. The van der Waals surface area contributed by atoms with E-state index in [0.717, 1.165) is 6.42 Å². The van der Waals surface area contributed by atoms with Gasteiger partial charge in [-0.15, -0.1) is 11.3 Å². The molecule has 0 aliphatic carbocycles. The molecular formula is C12H13NS. The van der Waals surface area contributed by atoms with Crippen LogP contribution in [0.5, 0.6) is 0 Å². The van der Waals surface area contributed by atoms with Crippen LogP contribution < -0.4 is 0 Å². The van der Waals surface area contributed by atoms with Gasteiger partial charge in [0.05, 0.1) is 5.51 Å². The van der Waals surface area contributed by atoms with Crippen molar-refractivity contribution < 1.29 is 0 Å². The number of aromatic nitrogens is 1. The van der Waals surface area contributed by atoms with E-state index < -0.39 is 0 Å². The molecule has 0 unspecified atom stereocenters. The first kappa shape index (κ1) is 9.41. The molecule has 72 valence electrons. The Labute approximate surface area is 88.4 Å². The Morgan fingerprint density at radius 3 is 2.64 bits per heavy atom. The van der Waals surface area contributed by atoms with Gasteiger partial charge in [0.25, 0.3) is 0 Å². The maximum Gasteiger partial charge on any atom is 0.0794 e. The fourth-order valence-electron chi connectivity index (χ4n) is 1.48. The highest BCUT2D eigenvalue weighted by atomic mass is 32.1. The summed E-state index contributed by atoms with van der Waals surface area (Å²) < 4.78 is 0. The van der Waals surface area contributed by atoms with Crippen molar-refractivity contribution in [2.45, 2.75) is 19.3 Å². The van der Waals surface area contributed by atoms with E-state index in [1.165, 1.54) is 23.3 Å². The second kappa shape index (κ2) is 4.91. The maximum absolute atomic E-state index is 4.07. The quantitative estimate of drug-likeness (QED) is 0.743. The summed E-state index contributed by atoms with van der Waals surface area (Å²) in [7, 11) is 0. The van der Waals surface area contributed by atoms with Crippen molar-refractivity contribution in [1.82, 2.24) is 4.98 Å². The van der Waals surface area contributed by atoms with Gasteiger partial charge in [0.15, 0.2) is 0 Å². The standard InChI is InChI=1S/C12H13NS/c1-2-5-11(6-3-1)7-4-8-12-9-13-10-14-12/h1-3,5-6,9-10H,4,7-8H2. The lowest BCUT2D eigenvalue weighted by molar-refractivity contribution is 0.829. The van der Waals surface area contributed by atoms with Gasteiger partial charge < -0.3 is 0 Å². The van der Waals surface area contributed by atoms with Crippen LogP contribution in [0, 0.1) is 0 Å². The fraction of sp³-hybridized carbons (Fsp3) is 0.250. The molecule has 0 aliphatic heterocycles. The van der Waals surface area contributed by atoms with Crippen LogP contribution in [0.2, 0.25) is 0 Å². The van der Waals surface area contributed by atoms with Crippen LogP contribution in [0.4, 0.5) is 0 Å². The van der Waals surface area contributed by atoms with E-state index in [-0.39, 0.29) is 0 Å². The minimum Gasteiger partial charge on any atom is -0.253 e. The molecule has 0 saturated heterocycles. The molecule has 1 aromatic carbocycles. The zero-order valence-corrected chi connectivity index (χ0v) is 8.83. The number of rotatable bonds is 4. The normalized spacial score (nSPS) is 10.3. The fourth-order valence-corrected chi connectivity index (χ4v) is 2.12. The first-order chi connectivity index (χ1) is 6.95. The molecule has 14 heavy (non-hydrogen) atoms. The van der Waals surface area contributed by atoms with Crippen LogP contribution in [0.15, 0.2) is 42.0 Å². The number of benzene rings is 1. The van der Waals surface area contributed by atoms with E-state index in [1.807, 2.05) is 11.7 Å². The van der Waals surface area contributed by atoms with Crippen molar-refractivity contribution in [1.29, 1.82) is 0 Å². The summed E-state index contributed by atoms with van der Waals surface area (Å²) >= 11 is 1.75. The minimum atomic E-state index is 1.15. The van der Waals surface area contributed by atoms with Crippen molar-refractivity contribution in [2.24, 2.45) is 0 Å². The molecular weight excluding hydrogens is 190 g/mol. The monoisotopic (exact) mass is 203 g/mol. The van der Waals surface area contributed by atoms with E-state index in [0.29, 0.717) is 0 Å². The summed E-state index contributed by atoms with van der Waals surface area (Å²) in [6, 6.07) is 10.6. The lowest BCUT2D eigenvalue weighted by Gasteiger charge is -1.98. The van der Waals surface area contributed by atoms with Crippen molar-refractivity contribution in [2.75, 3.05) is 0 Å². The third-order valence-electron chi connectivity index (χ3n) is 2.21. The molecule has 1 nitrogen and oxygen atoms in total. The van der Waals surface area contributed by atoms with Gasteiger partial charge in [-0.05, 0) is 24.8 Å². The summed E-state index contributed by atoms with van der Waals surface area (Å²) in [5, 5.41) is 0. The predicted molar refractivity (Wildman–Crippen MR) is 60.6 cm³/mol. The molecule has 2 aromatic rings. The highest BCUT2D eigenvalue weighted by Crippen LogP contribution is 2.11. The van der Waals surface area contributed by atoms with E-state index in [9.17, 15) is 0 Å². The molecule has 0 aliphatic rings. The van der Waals surface area contributed by atoms with E-state index >= 15 is 0 Å². The molecule has 0 N–H and O–H groups in total. The smallest absolute Gasteiger partial charge is 0.0794 e.